The first-order valence-corrected chi connectivity index (χ1v) is 9.06. The smallest absolute Gasteiger partial charge is 0.224 e. The van der Waals surface area contributed by atoms with Crippen molar-refractivity contribution in [3.63, 3.8) is 0 Å². The molecule has 0 aromatic heterocycles. The number of hydrogen-bond donors (Lipinski definition) is 1. The Hall–Kier alpha value is -2.36. The Balaban J connectivity index is 1.43. The molecule has 1 amide bonds. The Kier molecular flexibility index (Phi) is 6.04. The van der Waals surface area contributed by atoms with Crippen LogP contribution in [0.1, 0.15) is 30.4 Å². The lowest BCUT2D eigenvalue weighted by atomic mass is 10.1. The summed E-state index contributed by atoms with van der Waals surface area (Å²) in [6.07, 6.45) is 4.95. The van der Waals surface area contributed by atoms with Crippen LogP contribution in [0.3, 0.4) is 0 Å². The fourth-order valence-electron chi connectivity index (χ4n) is 3.22. The summed E-state index contributed by atoms with van der Waals surface area (Å²) in [5.74, 6) is -0.214. The van der Waals surface area contributed by atoms with Crippen molar-refractivity contribution in [2.24, 2.45) is 0 Å². The Morgan fingerprint density at radius 3 is 2.24 bits per heavy atom. The number of anilines is 1. The van der Waals surface area contributed by atoms with Gasteiger partial charge in [-0.3, -0.25) is 4.79 Å². The molecule has 132 valence electrons. The summed E-state index contributed by atoms with van der Waals surface area (Å²) >= 11 is 0. The molecule has 2 aromatic rings. The Morgan fingerprint density at radius 1 is 0.920 bits per heavy atom. The highest BCUT2D eigenvalue weighted by molar-refractivity contribution is 5.78. The highest BCUT2D eigenvalue weighted by Crippen LogP contribution is 2.20. The molecular weight excluding hydrogens is 315 g/mol. The molecule has 3 rings (SSSR count). The van der Waals surface area contributed by atoms with Gasteiger partial charge in [0.2, 0.25) is 5.91 Å². The molecule has 1 saturated heterocycles. The molecule has 1 heterocycles. The van der Waals surface area contributed by atoms with Crippen LogP contribution in [0.15, 0.2) is 48.5 Å². The van der Waals surface area contributed by atoms with Crippen LogP contribution in [0, 0.1) is 5.82 Å². The molecule has 25 heavy (non-hydrogen) atoms. The summed E-state index contributed by atoms with van der Waals surface area (Å²) in [6.45, 7) is 2.82. The molecule has 0 radical (unpaired) electrons. The van der Waals surface area contributed by atoms with Gasteiger partial charge in [0.15, 0.2) is 0 Å². The summed E-state index contributed by atoms with van der Waals surface area (Å²) in [6, 6.07) is 14.7. The lowest BCUT2D eigenvalue weighted by Crippen LogP contribution is -2.29. The van der Waals surface area contributed by atoms with E-state index in [1.54, 1.807) is 12.1 Å². The second-order valence-corrected chi connectivity index (χ2v) is 6.62. The maximum Gasteiger partial charge on any atom is 0.224 e. The van der Waals surface area contributed by atoms with Crippen LogP contribution >= 0.6 is 0 Å². The Morgan fingerprint density at radius 2 is 1.56 bits per heavy atom. The van der Waals surface area contributed by atoms with E-state index >= 15 is 0 Å². The largest absolute Gasteiger partial charge is 0.372 e. The van der Waals surface area contributed by atoms with Gasteiger partial charge in [-0.25, -0.2) is 4.39 Å². The number of nitrogens with one attached hydrogen (secondary N) is 1. The van der Waals surface area contributed by atoms with Crippen LogP contribution in [-0.2, 0) is 17.6 Å². The minimum atomic E-state index is -0.235. The van der Waals surface area contributed by atoms with Gasteiger partial charge in [-0.2, -0.15) is 0 Å². The summed E-state index contributed by atoms with van der Waals surface area (Å²) in [4.78, 5) is 14.5. The zero-order chi connectivity index (χ0) is 17.5. The molecule has 0 bridgehead atoms. The molecule has 0 saturated carbocycles. The molecule has 0 aliphatic carbocycles. The minimum Gasteiger partial charge on any atom is -0.372 e. The highest BCUT2D eigenvalue weighted by atomic mass is 19.1. The molecule has 0 spiro atoms. The van der Waals surface area contributed by atoms with E-state index in [0.29, 0.717) is 19.4 Å². The SMILES string of the molecule is O=C(Cc1ccc(N2CCCCC2)cc1)NCCc1ccc(F)cc1. The number of benzene rings is 2. The second-order valence-electron chi connectivity index (χ2n) is 6.62. The monoisotopic (exact) mass is 340 g/mol. The molecule has 2 aromatic carbocycles. The predicted octanol–water partition coefficient (Wildman–Crippen LogP) is 3.72. The maximum absolute atomic E-state index is 12.9. The van der Waals surface area contributed by atoms with Crippen LogP contribution in [0.25, 0.3) is 0 Å². The van der Waals surface area contributed by atoms with Crippen molar-refractivity contribution in [2.45, 2.75) is 32.1 Å². The van der Waals surface area contributed by atoms with E-state index in [9.17, 15) is 9.18 Å². The Bertz CT molecular complexity index is 676. The van der Waals surface area contributed by atoms with E-state index in [1.165, 1.54) is 37.1 Å². The third kappa shape index (κ3) is 5.31. The van der Waals surface area contributed by atoms with E-state index in [2.05, 4.69) is 22.3 Å². The molecule has 1 aliphatic rings. The van der Waals surface area contributed by atoms with Crippen molar-refractivity contribution in [3.05, 3.63) is 65.5 Å². The average molecular weight is 340 g/mol. The van der Waals surface area contributed by atoms with Crippen LogP contribution in [0.2, 0.25) is 0 Å². The van der Waals surface area contributed by atoms with E-state index < -0.39 is 0 Å². The fourth-order valence-corrected chi connectivity index (χ4v) is 3.22. The maximum atomic E-state index is 12.9. The van der Waals surface area contributed by atoms with Crippen molar-refractivity contribution in [3.8, 4) is 0 Å². The summed E-state index contributed by atoms with van der Waals surface area (Å²) in [5.41, 5.74) is 3.30. The van der Waals surface area contributed by atoms with Gasteiger partial charge in [0.25, 0.3) is 0 Å². The second kappa shape index (κ2) is 8.65. The van der Waals surface area contributed by atoms with Crippen molar-refractivity contribution in [1.82, 2.24) is 5.32 Å². The topological polar surface area (TPSA) is 32.3 Å². The Labute approximate surface area is 148 Å². The molecule has 0 atom stereocenters. The van der Waals surface area contributed by atoms with Gasteiger partial charge < -0.3 is 10.2 Å². The van der Waals surface area contributed by atoms with Gasteiger partial charge in [0, 0.05) is 25.3 Å². The van der Waals surface area contributed by atoms with E-state index in [1.807, 2.05) is 12.1 Å². The molecule has 4 heteroatoms. The number of carbonyl (C=O) groups is 1. The molecule has 0 unspecified atom stereocenters. The standard InChI is InChI=1S/C21H25FN2O/c22-19-8-4-17(5-9-19)12-13-23-21(25)16-18-6-10-20(11-7-18)24-14-2-1-3-15-24/h4-11H,1-3,12-16H2,(H,23,25). The number of nitrogens with zero attached hydrogens (tertiary/aromatic N) is 1. The zero-order valence-electron chi connectivity index (χ0n) is 14.5. The van der Waals surface area contributed by atoms with E-state index in [4.69, 9.17) is 0 Å². The summed E-state index contributed by atoms with van der Waals surface area (Å²) in [7, 11) is 0. The minimum absolute atomic E-state index is 0.0211. The summed E-state index contributed by atoms with van der Waals surface area (Å²) < 4.78 is 12.9. The van der Waals surface area contributed by atoms with Crippen molar-refractivity contribution in [1.29, 1.82) is 0 Å². The van der Waals surface area contributed by atoms with Gasteiger partial charge >= 0.3 is 0 Å². The van der Waals surface area contributed by atoms with Crippen LogP contribution in [-0.4, -0.2) is 25.5 Å². The number of halogens is 1. The molecule has 1 fully saturated rings. The summed E-state index contributed by atoms with van der Waals surface area (Å²) in [5, 5.41) is 2.93. The molecule has 3 nitrogen and oxygen atoms in total. The van der Waals surface area contributed by atoms with Crippen molar-refractivity contribution in [2.75, 3.05) is 24.5 Å². The quantitative estimate of drug-likeness (QED) is 0.869. The average Bonchev–Trinajstić information content (AvgIpc) is 2.65. The third-order valence-corrected chi connectivity index (χ3v) is 4.67. The molecule has 1 N–H and O–H groups in total. The molecule has 1 aliphatic heterocycles. The van der Waals surface area contributed by atoms with Crippen LogP contribution < -0.4 is 10.2 Å². The van der Waals surface area contributed by atoms with Gasteiger partial charge in [0.1, 0.15) is 5.82 Å². The van der Waals surface area contributed by atoms with Gasteiger partial charge in [0.05, 0.1) is 6.42 Å². The van der Waals surface area contributed by atoms with Crippen molar-refractivity contribution >= 4 is 11.6 Å². The zero-order valence-corrected chi connectivity index (χ0v) is 14.5. The first kappa shape index (κ1) is 17.5. The number of carbonyl (C=O) groups excluding carboxylic acids is 1. The van der Waals surface area contributed by atoms with Gasteiger partial charge in [-0.1, -0.05) is 24.3 Å². The number of hydrogen-bond acceptors (Lipinski definition) is 2. The fraction of sp³-hybridized carbons (Fsp3) is 0.381. The van der Waals surface area contributed by atoms with Gasteiger partial charge in [-0.15, -0.1) is 0 Å². The number of amides is 1. The van der Waals surface area contributed by atoms with E-state index in [-0.39, 0.29) is 11.7 Å². The lowest BCUT2D eigenvalue weighted by molar-refractivity contribution is -0.120. The number of piperidine rings is 1. The highest BCUT2D eigenvalue weighted by Gasteiger charge is 2.11. The van der Waals surface area contributed by atoms with Crippen molar-refractivity contribution < 1.29 is 9.18 Å². The first-order valence-electron chi connectivity index (χ1n) is 9.06. The lowest BCUT2D eigenvalue weighted by Gasteiger charge is -2.28. The molecular formula is C21H25FN2O. The normalized spacial score (nSPS) is 14.4. The van der Waals surface area contributed by atoms with Crippen LogP contribution in [0.5, 0.6) is 0 Å². The predicted molar refractivity (Wildman–Crippen MR) is 99.3 cm³/mol. The third-order valence-electron chi connectivity index (χ3n) is 4.67. The van der Waals surface area contributed by atoms with Gasteiger partial charge in [-0.05, 0) is 61.1 Å². The number of rotatable bonds is 6. The van der Waals surface area contributed by atoms with E-state index in [0.717, 1.165) is 24.2 Å². The van der Waals surface area contributed by atoms with Crippen LogP contribution in [0.4, 0.5) is 10.1 Å². The first-order chi connectivity index (χ1) is 12.2.